The van der Waals surface area contributed by atoms with Crippen LogP contribution in [0.4, 0.5) is 11.9 Å². The summed E-state index contributed by atoms with van der Waals surface area (Å²) in [4.78, 5) is 16.5. The molecule has 1 aliphatic rings. The van der Waals surface area contributed by atoms with Gasteiger partial charge in [0.05, 0.1) is 0 Å². The number of hydrogen-bond donors (Lipinski definition) is 2. The fraction of sp³-hybridized carbons (Fsp3) is 0.190. The van der Waals surface area contributed by atoms with E-state index in [1.54, 1.807) is 4.68 Å². The van der Waals surface area contributed by atoms with Crippen LogP contribution < -0.4 is 10.6 Å². The molecule has 3 aromatic rings. The first-order chi connectivity index (χ1) is 13.5. The Morgan fingerprint density at radius 3 is 2.57 bits per heavy atom. The van der Waals surface area contributed by atoms with Crippen LogP contribution in [-0.2, 0) is 4.79 Å². The highest BCUT2D eigenvalue weighted by atomic mass is 35.5. The lowest BCUT2D eigenvalue weighted by molar-refractivity contribution is -0.118. The summed E-state index contributed by atoms with van der Waals surface area (Å²) in [6.45, 7) is 3.65. The molecule has 0 radical (unpaired) electrons. The number of rotatable bonds is 4. The van der Waals surface area contributed by atoms with Crippen molar-refractivity contribution in [1.29, 1.82) is 0 Å². The Hall–Kier alpha value is -3.12. The summed E-state index contributed by atoms with van der Waals surface area (Å²) in [5.41, 5.74) is 2.85. The van der Waals surface area contributed by atoms with Crippen LogP contribution in [0.25, 0.3) is 5.70 Å². The molecule has 4 rings (SSSR count). The number of amides is 1. The van der Waals surface area contributed by atoms with Gasteiger partial charge in [-0.15, -0.1) is 5.10 Å². The van der Waals surface area contributed by atoms with E-state index in [4.69, 9.17) is 11.6 Å². The number of anilines is 2. The monoisotopic (exact) mass is 393 g/mol. The van der Waals surface area contributed by atoms with Crippen molar-refractivity contribution < 1.29 is 4.79 Å². The molecule has 0 saturated carbocycles. The smallest absolute Gasteiger partial charge is 0.250 e. The van der Waals surface area contributed by atoms with Crippen LogP contribution in [0.3, 0.4) is 0 Å². The zero-order valence-electron chi connectivity index (χ0n) is 15.6. The number of benzene rings is 2. The number of carbonyl (C=O) groups is 1. The Balaban J connectivity index is 1.78. The summed E-state index contributed by atoms with van der Waals surface area (Å²) in [5, 5.41) is 11.2. The van der Waals surface area contributed by atoms with Gasteiger partial charge in [-0.1, -0.05) is 74.0 Å². The van der Waals surface area contributed by atoms with Crippen molar-refractivity contribution in [1.82, 2.24) is 14.8 Å². The molecule has 7 heteroatoms. The third-order valence-corrected chi connectivity index (χ3v) is 4.88. The zero-order valence-corrected chi connectivity index (χ0v) is 16.3. The number of carbonyl (C=O) groups excluding carboxylic acids is 1. The van der Waals surface area contributed by atoms with Gasteiger partial charge >= 0.3 is 0 Å². The van der Waals surface area contributed by atoms with E-state index in [2.05, 4.69) is 26.8 Å². The normalized spacial score (nSPS) is 15.6. The highest BCUT2D eigenvalue weighted by Gasteiger charge is 2.27. The first-order valence-electron chi connectivity index (χ1n) is 9.09. The van der Waals surface area contributed by atoms with E-state index in [1.807, 2.05) is 68.4 Å². The van der Waals surface area contributed by atoms with Crippen LogP contribution in [-0.4, -0.2) is 20.7 Å². The largest absolute Gasteiger partial charge is 0.324 e. The molecule has 2 N–H and O–H groups in total. The molecule has 6 nitrogen and oxygen atoms in total. The first-order valence-corrected chi connectivity index (χ1v) is 9.47. The number of allylic oxidation sites excluding steroid dienone is 1. The summed E-state index contributed by atoms with van der Waals surface area (Å²) in [6, 6.07) is 17.4. The van der Waals surface area contributed by atoms with Crippen molar-refractivity contribution in [2.75, 3.05) is 10.6 Å². The van der Waals surface area contributed by atoms with Gasteiger partial charge in [-0.05, 0) is 23.3 Å². The SMILES string of the molecule is CC(C)C(=O)Nc1nc2n(n1)C(c1ccccc1Cl)C=C(c1ccccc1)N2. The van der Waals surface area contributed by atoms with Gasteiger partial charge in [0, 0.05) is 16.6 Å². The standard InChI is InChI=1S/C21H20ClN5O/c1-13(2)19(28)24-20-25-21-23-17(14-8-4-3-5-9-14)12-18(27(21)26-20)15-10-6-7-11-16(15)22/h3-13,18H,1-2H3,(H2,23,24,25,26,28). The van der Waals surface area contributed by atoms with Gasteiger partial charge in [0.25, 0.3) is 5.95 Å². The molecule has 1 aliphatic heterocycles. The topological polar surface area (TPSA) is 71.8 Å². The summed E-state index contributed by atoms with van der Waals surface area (Å²) in [7, 11) is 0. The molecule has 2 heterocycles. The van der Waals surface area contributed by atoms with Crippen LogP contribution in [0.1, 0.15) is 31.0 Å². The molecule has 142 valence electrons. The summed E-state index contributed by atoms with van der Waals surface area (Å²) >= 11 is 6.47. The Kier molecular flexibility index (Phi) is 4.88. The minimum atomic E-state index is -0.252. The van der Waals surface area contributed by atoms with E-state index in [1.165, 1.54) is 0 Å². The molecule has 0 bridgehead atoms. The van der Waals surface area contributed by atoms with E-state index in [9.17, 15) is 4.79 Å². The highest BCUT2D eigenvalue weighted by Crippen LogP contribution is 2.35. The minimum Gasteiger partial charge on any atom is -0.324 e. The van der Waals surface area contributed by atoms with Crippen LogP contribution in [0, 0.1) is 5.92 Å². The van der Waals surface area contributed by atoms with Gasteiger partial charge in [-0.3, -0.25) is 10.1 Å². The van der Waals surface area contributed by atoms with Crippen molar-refractivity contribution in [3.05, 3.63) is 76.8 Å². The predicted molar refractivity (Wildman–Crippen MR) is 111 cm³/mol. The van der Waals surface area contributed by atoms with Crippen LogP contribution >= 0.6 is 11.6 Å². The fourth-order valence-electron chi connectivity index (χ4n) is 3.02. The third-order valence-electron chi connectivity index (χ3n) is 4.53. The van der Waals surface area contributed by atoms with E-state index in [0.717, 1.165) is 16.8 Å². The second kappa shape index (κ2) is 7.48. The second-order valence-electron chi connectivity index (χ2n) is 6.89. The lowest BCUT2D eigenvalue weighted by Gasteiger charge is -2.24. The molecule has 1 aromatic heterocycles. The second-order valence-corrected chi connectivity index (χ2v) is 7.29. The molecule has 1 unspecified atom stereocenters. The van der Waals surface area contributed by atoms with Crippen molar-refractivity contribution >= 4 is 35.1 Å². The van der Waals surface area contributed by atoms with Crippen molar-refractivity contribution in [2.24, 2.45) is 5.92 Å². The molecule has 0 saturated heterocycles. The van der Waals surface area contributed by atoms with E-state index in [-0.39, 0.29) is 23.8 Å². The first kappa shape index (κ1) is 18.3. The highest BCUT2D eigenvalue weighted by molar-refractivity contribution is 6.31. The number of fused-ring (bicyclic) bond motifs is 1. The van der Waals surface area contributed by atoms with Gasteiger partial charge in [-0.25, -0.2) is 4.68 Å². The van der Waals surface area contributed by atoms with Crippen molar-refractivity contribution in [3.8, 4) is 0 Å². The minimum absolute atomic E-state index is 0.131. The molecule has 28 heavy (non-hydrogen) atoms. The van der Waals surface area contributed by atoms with Gasteiger partial charge in [0.2, 0.25) is 11.9 Å². The fourth-order valence-corrected chi connectivity index (χ4v) is 3.27. The average molecular weight is 394 g/mol. The zero-order chi connectivity index (χ0) is 19.7. The number of aromatic nitrogens is 3. The molecule has 0 fully saturated rings. The Labute approximate surface area is 168 Å². The molecular weight excluding hydrogens is 374 g/mol. The number of halogens is 1. The quantitative estimate of drug-likeness (QED) is 0.680. The van der Waals surface area contributed by atoms with Gasteiger partial charge in [-0.2, -0.15) is 4.98 Å². The van der Waals surface area contributed by atoms with Crippen LogP contribution in [0.2, 0.25) is 5.02 Å². The van der Waals surface area contributed by atoms with Crippen molar-refractivity contribution in [3.63, 3.8) is 0 Å². The lowest BCUT2D eigenvalue weighted by Crippen LogP contribution is -2.21. The molecular formula is C21H20ClN5O. The predicted octanol–water partition coefficient (Wildman–Crippen LogP) is 4.58. The average Bonchev–Trinajstić information content (AvgIpc) is 3.10. The molecule has 1 atom stereocenters. The number of nitrogens with one attached hydrogen (secondary N) is 2. The maximum Gasteiger partial charge on any atom is 0.250 e. The maximum absolute atomic E-state index is 12.1. The van der Waals surface area contributed by atoms with Gasteiger partial charge < -0.3 is 5.32 Å². The molecule has 0 spiro atoms. The lowest BCUT2D eigenvalue weighted by atomic mass is 10.0. The Morgan fingerprint density at radius 2 is 1.86 bits per heavy atom. The maximum atomic E-state index is 12.1. The Morgan fingerprint density at radius 1 is 1.14 bits per heavy atom. The van der Waals surface area contributed by atoms with Crippen LogP contribution in [0.5, 0.6) is 0 Å². The number of nitrogens with zero attached hydrogens (tertiary/aromatic N) is 3. The van der Waals surface area contributed by atoms with E-state index < -0.39 is 0 Å². The Bertz CT molecular complexity index is 1040. The van der Waals surface area contributed by atoms with E-state index >= 15 is 0 Å². The van der Waals surface area contributed by atoms with E-state index in [0.29, 0.717) is 11.0 Å². The molecule has 1 amide bonds. The van der Waals surface area contributed by atoms with Crippen molar-refractivity contribution in [2.45, 2.75) is 19.9 Å². The summed E-state index contributed by atoms with van der Waals surface area (Å²) in [6.07, 6.45) is 2.06. The molecule has 0 aliphatic carbocycles. The van der Waals surface area contributed by atoms with Crippen LogP contribution in [0.15, 0.2) is 60.7 Å². The van der Waals surface area contributed by atoms with Gasteiger partial charge in [0.15, 0.2) is 0 Å². The van der Waals surface area contributed by atoms with Gasteiger partial charge in [0.1, 0.15) is 6.04 Å². The summed E-state index contributed by atoms with van der Waals surface area (Å²) in [5.74, 6) is 0.519. The summed E-state index contributed by atoms with van der Waals surface area (Å²) < 4.78 is 1.74. The third kappa shape index (κ3) is 3.51. The number of hydrogen-bond acceptors (Lipinski definition) is 4. The molecule has 2 aromatic carbocycles.